The van der Waals surface area contributed by atoms with Crippen molar-refractivity contribution < 1.29 is 0 Å². The molecule has 2 fully saturated rings. The Hall–Kier alpha value is -1.29. The van der Waals surface area contributed by atoms with Crippen LogP contribution in [0.15, 0.2) is 18.2 Å². The second-order valence-electron chi connectivity index (χ2n) is 5.31. The van der Waals surface area contributed by atoms with E-state index in [1.54, 1.807) is 0 Å². The highest BCUT2D eigenvalue weighted by molar-refractivity contribution is 6.33. The van der Waals surface area contributed by atoms with Gasteiger partial charge in [-0.05, 0) is 37.3 Å². The van der Waals surface area contributed by atoms with Crippen molar-refractivity contribution in [1.82, 2.24) is 15.3 Å². The summed E-state index contributed by atoms with van der Waals surface area (Å²) in [6, 6.07) is 6.98. The van der Waals surface area contributed by atoms with Crippen LogP contribution in [0.5, 0.6) is 0 Å². The van der Waals surface area contributed by atoms with Gasteiger partial charge in [0.2, 0.25) is 0 Å². The van der Waals surface area contributed by atoms with Crippen molar-refractivity contribution in [2.24, 2.45) is 5.92 Å². The summed E-state index contributed by atoms with van der Waals surface area (Å²) in [6.45, 7) is 0. The molecule has 1 saturated heterocycles. The van der Waals surface area contributed by atoms with Gasteiger partial charge in [0.15, 0.2) is 0 Å². The Morgan fingerprint density at radius 2 is 2.24 bits per heavy atom. The summed E-state index contributed by atoms with van der Waals surface area (Å²) in [4.78, 5) is 8.09. The maximum absolute atomic E-state index is 5.78. The molecule has 1 unspecified atom stereocenters. The van der Waals surface area contributed by atoms with Crippen LogP contribution in [0.2, 0.25) is 0 Å². The van der Waals surface area contributed by atoms with Crippen molar-refractivity contribution in [2.75, 3.05) is 0 Å². The van der Waals surface area contributed by atoms with Gasteiger partial charge in [-0.1, -0.05) is 11.5 Å². The van der Waals surface area contributed by atoms with Gasteiger partial charge >= 0.3 is 0 Å². The lowest BCUT2D eigenvalue weighted by molar-refractivity contribution is 0.380. The number of rotatable bonds is 1. The molecule has 4 heteroatoms. The van der Waals surface area contributed by atoms with Crippen LogP contribution >= 0.6 is 0 Å². The summed E-state index contributed by atoms with van der Waals surface area (Å²) in [5.74, 6) is 1.84. The zero-order valence-corrected chi connectivity index (χ0v) is 9.61. The van der Waals surface area contributed by atoms with Crippen molar-refractivity contribution >= 4 is 24.3 Å². The van der Waals surface area contributed by atoms with Gasteiger partial charge in [-0.25, -0.2) is 4.98 Å². The molecule has 1 saturated carbocycles. The number of H-pyrrole nitrogens is 1. The van der Waals surface area contributed by atoms with E-state index >= 15 is 0 Å². The summed E-state index contributed by atoms with van der Waals surface area (Å²) in [5, 5.41) is 3.66. The maximum Gasteiger partial charge on any atom is 0.124 e. The maximum atomic E-state index is 5.78. The summed E-state index contributed by atoms with van der Waals surface area (Å²) in [5.41, 5.74) is 2.84. The van der Waals surface area contributed by atoms with E-state index in [0.29, 0.717) is 12.1 Å². The molecule has 2 radical (unpaired) electrons. The summed E-state index contributed by atoms with van der Waals surface area (Å²) in [6.07, 6.45) is 3.97. The smallest absolute Gasteiger partial charge is 0.124 e. The molecule has 2 heterocycles. The molecule has 2 bridgehead atoms. The molecule has 3 nitrogen and oxygen atoms in total. The van der Waals surface area contributed by atoms with Gasteiger partial charge in [0.1, 0.15) is 13.7 Å². The topological polar surface area (TPSA) is 40.7 Å². The number of nitrogens with one attached hydrogen (secondary N) is 2. The quantitative estimate of drug-likeness (QED) is 0.712. The number of benzene rings is 1. The molecule has 1 aromatic carbocycles. The molecular formula is C13H14BN3. The number of hydrogen-bond donors (Lipinski definition) is 2. The lowest BCUT2D eigenvalue weighted by atomic mass is 9.96. The third-order valence-corrected chi connectivity index (χ3v) is 4.18. The number of aromatic nitrogens is 2. The van der Waals surface area contributed by atoms with E-state index in [4.69, 9.17) is 7.85 Å². The Morgan fingerprint density at radius 1 is 1.29 bits per heavy atom. The van der Waals surface area contributed by atoms with Crippen LogP contribution in [0.25, 0.3) is 11.0 Å². The first kappa shape index (κ1) is 9.72. The Balaban J connectivity index is 1.76. The lowest BCUT2D eigenvalue weighted by Gasteiger charge is -2.20. The zero-order valence-electron chi connectivity index (χ0n) is 9.61. The van der Waals surface area contributed by atoms with E-state index in [-0.39, 0.29) is 0 Å². The molecule has 3 atom stereocenters. The summed E-state index contributed by atoms with van der Waals surface area (Å²) in [7, 11) is 5.78. The number of nitrogens with zero attached hydrogens (tertiary/aromatic N) is 1. The third-order valence-electron chi connectivity index (χ3n) is 4.18. The number of aromatic amines is 1. The number of imidazole rings is 1. The first-order valence-corrected chi connectivity index (χ1v) is 6.31. The SMILES string of the molecule is [B]c1ccc2nc(C3N[C@@H]4CC[C@H]3C4)[nH]c2c1. The molecule has 1 aliphatic heterocycles. The fourth-order valence-corrected chi connectivity index (χ4v) is 3.36. The predicted molar refractivity (Wildman–Crippen MR) is 68.5 cm³/mol. The standard InChI is InChI=1S/C13H14BN3/c14-8-2-4-10-11(6-8)17-13(16-10)12-7-1-3-9(5-7)15-12/h2,4,6-7,9,12,15H,1,3,5H2,(H,16,17)/t7-,9+,12?/m0/s1. The van der Waals surface area contributed by atoms with Crippen LogP contribution < -0.4 is 10.8 Å². The minimum absolute atomic E-state index is 0.419. The number of piperidine rings is 1. The van der Waals surface area contributed by atoms with Crippen molar-refractivity contribution in [3.05, 3.63) is 24.0 Å². The first-order chi connectivity index (χ1) is 8.29. The monoisotopic (exact) mass is 223 g/mol. The lowest BCUT2D eigenvalue weighted by Crippen LogP contribution is -2.29. The van der Waals surface area contributed by atoms with E-state index in [9.17, 15) is 0 Å². The Morgan fingerprint density at radius 3 is 3.00 bits per heavy atom. The average Bonchev–Trinajstić information content (AvgIpc) is 3.01. The average molecular weight is 223 g/mol. The molecule has 1 aromatic heterocycles. The molecule has 0 spiro atoms. The van der Waals surface area contributed by atoms with Crippen LogP contribution in [0.3, 0.4) is 0 Å². The minimum Gasteiger partial charge on any atom is -0.341 e. The Bertz CT molecular complexity index is 577. The molecule has 2 aromatic rings. The highest BCUT2D eigenvalue weighted by atomic mass is 15.1. The molecule has 17 heavy (non-hydrogen) atoms. The summed E-state index contributed by atoms with van der Waals surface area (Å²) < 4.78 is 0. The van der Waals surface area contributed by atoms with E-state index < -0.39 is 0 Å². The second kappa shape index (κ2) is 3.36. The highest BCUT2D eigenvalue weighted by Crippen LogP contribution is 2.42. The van der Waals surface area contributed by atoms with E-state index in [0.717, 1.165) is 28.2 Å². The Labute approximate surface area is 101 Å². The van der Waals surface area contributed by atoms with E-state index in [2.05, 4.69) is 15.3 Å². The van der Waals surface area contributed by atoms with E-state index in [1.807, 2.05) is 18.2 Å². The van der Waals surface area contributed by atoms with Gasteiger partial charge in [0, 0.05) is 6.04 Å². The van der Waals surface area contributed by atoms with Gasteiger partial charge in [-0.2, -0.15) is 0 Å². The van der Waals surface area contributed by atoms with Gasteiger partial charge < -0.3 is 10.3 Å². The van der Waals surface area contributed by atoms with Gasteiger partial charge in [0.25, 0.3) is 0 Å². The normalized spacial score (nSPS) is 31.4. The second-order valence-corrected chi connectivity index (χ2v) is 5.31. The molecule has 4 rings (SSSR count). The molecule has 2 aliphatic rings. The van der Waals surface area contributed by atoms with Crippen molar-refractivity contribution in [3.8, 4) is 0 Å². The van der Waals surface area contributed by atoms with Crippen molar-refractivity contribution in [2.45, 2.75) is 31.3 Å². The van der Waals surface area contributed by atoms with Crippen LogP contribution in [0.4, 0.5) is 0 Å². The molecule has 1 aliphatic carbocycles. The zero-order chi connectivity index (χ0) is 11.4. The van der Waals surface area contributed by atoms with Gasteiger partial charge in [-0.15, -0.1) is 0 Å². The molecular weight excluding hydrogens is 209 g/mol. The van der Waals surface area contributed by atoms with Gasteiger partial charge in [0.05, 0.1) is 17.1 Å². The fraction of sp³-hybridized carbons (Fsp3) is 0.462. The minimum atomic E-state index is 0.419. The van der Waals surface area contributed by atoms with Crippen molar-refractivity contribution in [3.63, 3.8) is 0 Å². The third kappa shape index (κ3) is 1.44. The van der Waals surface area contributed by atoms with E-state index in [1.165, 1.54) is 19.3 Å². The van der Waals surface area contributed by atoms with Gasteiger partial charge in [-0.3, -0.25) is 0 Å². The van der Waals surface area contributed by atoms with Crippen LogP contribution in [-0.2, 0) is 0 Å². The molecule has 84 valence electrons. The Kier molecular flexibility index (Phi) is 1.92. The van der Waals surface area contributed by atoms with Crippen LogP contribution in [0, 0.1) is 5.92 Å². The number of fused-ring (bicyclic) bond motifs is 3. The van der Waals surface area contributed by atoms with Crippen LogP contribution in [0.1, 0.15) is 31.1 Å². The molecule has 0 amide bonds. The van der Waals surface area contributed by atoms with Crippen LogP contribution in [-0.4, -0.2) is 23.9 Å². The fourth-order valence-electron chi connectivity index (χ4n) is 3.36. The largest absolute Gasteiger partial charge is 0.341 e. The highest BCUT2D eigenvalue weighted by Gasteiger charge is 2.41. The van der Waals surface area contributed by atoms with Crippen molar-refractivity contribution in [1.29, 1.82) is 0 Å². The summed E-state index contributed by atoms with van der Waals surface area (Å²) >= 11 is 0. The predicted octanol–water partition coefficient (Wildman–Crippen LogP) is 1.17. The molecule has 2 N–H and O–H groups in total. The number of hydrogen-bond acceptors (Lipinski definition) is 2. The first-order valence-electron chi connectivity index (χ1n) is 6.31.